The van der Waals surface area contributed by atoms with Crippen molar-refractivity contribution in [3.63, 3.8) is 0 Å². The van der Waals surface area contributed by atoms with Crippen molar-refractivity contribution in [2.45, 2.75) is 130 Å². The Balaban J connectivity index is 1.52. The van der Waals surface area contributed by atoms with Crippen LogP contribution in [0.1, 0.15) is 110 Å². The maximum absolute atomic E-state index is 14.2. The lowest BCUT2D eigenvalue weighted by atomic mass is 9.95. The quantitative estimate of drug-likeness (QED) is 0.0636. The van der Waals surface area contributed by atoms with Gasteiger partial charge >= 0.3 is 0 Å². The summed E-state index contributed by atoms with van der Waals surface area (Å²) in [5, 5.41) is 12.8. The van der Waals surface area contributed by atoms with E-state index < -0.39 is 8.32 Å². The largest absolute Gasteiger partial charge is 0.413 e. The summed E-state index contributed by atoms with van der Waals surface area (Å²) < 4.78 is 25.2. The van der Waals surface area contributed by atoms with Crippen LogP contribution in [0.25, 0.3) is 22.5 Å². The normalized spacial score (nSPS) is 13.2. The summed E-state index contributed by atoms with van der Waals surface area (Å²) in [5.74, 6) is -0.222. The first-order valence-electron chi connectivity index (χ1n) is 20.8. The first-order chi connectivity index (χ1) is 26.7. The highest BCUT2D eigenvalue weighted by atomic mass is 28.4. The van der Waals surface area contributed by atoms with Crippen molar-refractivity contribution in [2.24, 2.45) is 0 Å². The number of hydrogen-bond donors (Lipinski definition) is 1. The predicted octanol–water partition coefficient (Wildman–Crippen LogP) is 8.67. The molecule has 1 N–H and O–H groups in total. The van der Waals surface area contributed by atoms with Gasteiger partial charge in [-0.05, 0) is 51.9 Å². The molecular formula is C43H67N5O6Si. The highest BCUT2D eigenvalue weighted by Crippen LogP contribution is 2.44. The summed E-state index contributed by atoms with van der Waals surface area (Å²) in [7, 11) is -2.36. The zero-order chi connectivity index (χ0) is 39.5. The van der Waals surface area contributed by atoms with E-state index in [9.17, 15) is 9.59 Å². The topological polar surface area (TPSA) is 117 Å². The molecule has 0 radical (unpaired) electrons. The van der Waals surface area contributed by atoms with E-state index in [1.807, 2.05) is 42.2 Å². The van der Waals surface area contributed by atoms with Gasteiger partial charge in [0.05, 0.1) is 56.6 Å². The lowest BCUT2D eigenvalue weighted by Crippen LogP contribution is -2.44. The number of carbonyl (C=O) groups is 2. The number of para-hydroxylation sites is 1. The van der Waals surface area contributed by atoms with Crippen LogP contribution in [0.3, 0.4) is 0 Å². The molecule has 55 heavy (non-hydrogen) atoms. The molecule has 1 atom stereocenters. The van der Waals surface area contributed by atoms with E-state index in [2.05, 4.69) is 62.1 Å². The first kappa shape index (κ1) is 44.3. The van der Waals surface area contributed by atoms with Gasteiger partial charge in [-0.2, -0.15) is 0 Å². The molecule has 1 aliphatic rings. The monoisotopic (exact) mass is 777 g/mol. The number of amides is 2. The maximum atomic E-state index is 14.2. The van der Waals surface area contributed by atoms with Crippen molar-refractivity contribution in [1.82, 2.24) is 20.3 Å². The van der Waals surface area contributed by atoms with Crippen LogP contribution in [0, 0.1) is 0 Å². The Morgan fingerprint density at radius 2 is 1.44 bits per heavy atom. The molecule has 1 aliphatic heterocycles. The van der Waals surface area contributed by atoms with Gasteiger partial charge in [0.15, 0.2) is 0 Å². The number of anilines is 1. The Bertz CT molecular complexity index is 1600. The number of carbonyl (C=O) groups excluding carboxylic acids is 2. The number of aromatic nitrogens is 3. The molecule has 0 aliphatic carbocycles. The summed E-state index contributed by atoms with van der Waals surface area (Å²) >= 11 is 0. The third-order valence-electron chi connectivity index (χ3n) is 10.1. The summed E-state index contributed by atoms with van der Waals surface area (Å²) in [5.41, 5.74) is 5.49. The predicted molar refractivity (Wildman–Crippen MR) is 222 cm³/mol. The van der Waals surface area contributed by atoms with Crippen molar-refractivity contribution in [2.75, 3.05) is 51.1 Å². The fourth-order valence-corrected chi connectivity index (χ4v) is 10.5. The molecule has 0 spiro atoms. The molecule has 0 fully saturated rings. The fourth-order valence-electron chi connectivity index (χ4n) is 7.42. The molecule has 1 unspecified atom stereocenters. The highest BCUT2D eigenvalue weighted by Gasteiger charge is 2.40. The molecule has 304 valence electrons. The molecule has 4 rings (SSSR count). The summed E-state index contributed by atoms with van der Waals surface area (Å²) in [6.07, 6.45) is 11.4. The van der Waals surface area contributed by atoms with Crippen LogP contribution in [0.5, 0.6) is 0 Å². The number of hydrogen-bond acceptors (Lipinski definition) is 8. The molecule has 0 bridgehead atoms. The molecule has 0 saturated heterocycles. The minimum Gasteiger partial charge on any atom is -0.413 e. The number of unbranched alkanes of at least 4 members (excludes halogenated alkanes) is 7. The minimum atomic E-state index is -2.36. The molecule has 1 aromatic heterocycles. The van der Waals surface area contributed by atoms with E-state index in [0.29, 0.717) is 39.6 Å². The third-order valence-corrected chi connectivity index (χ3v) is 13.3. The average Bonchev–Trinajstić information content (AvgIpc) is 3.58. The summed E-state index contributed by atoms with van der Waals surface area (Å²) in [6.45, 7) is 16.5. The lowest BCUT2D eigenvalue weighted by Gasteiger charge is -2.35. The van der Waals surface area contributed by atoms with Gasteiger partial charge in [-0.25, -0.2) is 4.68 Å². The number of nitrogens with one attached hydrogen (secondary N) is 1. The molecule has 12 heteroatoms. The Morgan fingerprint density at radius 1 is 0.800 bits per heavy atom. The van der Waals surface area contributed by atoms with Crippen LogP contribution in [-0.4, -0.2) is 87.4 Å². The Kier molecular flexibility index (Phi) is 19.0. The Hall–Kier alpha value is -3.42. The van der Waals surface area contributed by atoms with E-state index >= 15 is 0 Å². The van der Waals surface area contributed by atoms with E-state index in [-0.39, 0.29) is 49.6 Å². The van der Waals surface area contributed by atoms with Crippen molar-refractivity contribution in [3.05, 3.63) is 54.1 Å². The molecule has 2 heterocycles. The highest BCUT2D eigenvalue weighted by molar-refractivity contribution is 6.72. The maximum Gasteiger partial charge on any atom is 0.229 e. The molecule has 0 saturated carbocycles. The second-order valence-electron chi connectivity index (χ2n) is 15.2. The standard InChI is InChI=1S/C43H67N5O6Si/c1-7-9-10-11-12-13-14-15-24-41(55(5,6)54-34(3)4)48-43-37-22-18-19-23-38(37)47(33-35-20-16-17-21-36(35)42(43)45-46-48)40(50)25-27-44-39(49)26-28-52-31-32-53-30-29-51-8-2/h16-23,34,41H,7-15,24-33H2,1-6H3,(H,44,49). The Morgan fingerprint density at radius 3 is 2.15 bits per heavy atom. The van der Waals surface area contributed by atoms with Crippen LogP contribution in [0.2, 0.25) is 13.1 Å². The average molecular weight is 778 g/mol. The number of benzene rings is 2. The van der Waals surface area contributed by atoms with Crippen LogP contribution >= 0.6 is 0 Å². The van der Waals surface area contributed by atoms with E-state index in [1.165, 1.54) is 44.9 Å². The van der Waals surface area contributed by atoms with Crippen LogP contribution in [0.15, 0.2) is 48.5 Å². The number of ether oxygens (including phenoxy) is 3. The van der Waals surface area contributed by atoms with Gasteiger partial charge in [0.2, 0.25) is 20.1 Å². The van der Waals surface area contributed by atoms with Crippen LogP contribution < -0.4 is 10.2 Å². The van der Waals surface area contributed by atoms with Gasteiger partial charge in [0, 0.05) is 43.2 Å². The van der Waals surface area contributed by atoms with Crippen molar-refractivity contribution in [1.29, 1.82) is 0 Å². The van der Waals surface area contributed by atoms with E-state index in [1.54, 1.807) is 0 Å². The van der Waals surface area contributed by atoms with Gasteiger partial charge in [0.1, 0.15) is 5.69 Å². The van der Waals surface area contributed by atoms with E-state index in [4.69, 9.17) is 28.9 Å². The van der Waals surface area contributed by atoms with E-state index in [0.717, 1.165) is 46.6 Å². The minimum absolute atomic E-state index is 0.0437. The van der Waals surface area contributed by atoms with Crippen molar-refractivity contribution >= 4 is 25.8 Å². The van der Waals surface area contributed by atoms with Crippen molar-refractivity contribution < 1.29 is 28.2 Å². The van der Waals surface area contributed by atoms with Gasteiger partial charge in [-0.3, -0.25) is 9.59 Å². The molecule has 2 amide bonds. The number of nitrogens with zero attached hydrogens (tertiary/aromatic N) is 4. The SMILES string of the molecule is CCCCCCCCCCC(n1nnc2c1-c1ccccc1N(C(=O)CCNC(=O)CCOCCOCCOCC)Cc1ccccc1-2)[Si](C)(C)OC(C)C. The molecular weight excluding hydrogens is 711 g/mol. The third kappa shape index (κ3) is 13.6. The zero-order valence-corrected chi connectivity index (χ0v) is 35.4. The van der Waals surface area contributed by atoms with Crippen LogP contribution in [-0.2, 0) is 34.8 Å². The number of rotatable bonds is 26. The second-order valence-corrected chi connectivity index (χ2v) is 19.3. The lowest BCUT2D eigenvalue weighted by molar-refractivity contribution is -0.122. The Labute approximate surface area is 331 Å². The van der Waals surface area contributed by atoms with Gasteiger partial charge in [0.25, 0.3) is 0 Å². The fraction of sp³-hybridized carbons (Fsp3) is 0.628. The second kappa shape index (κ2) is 23.6. The molecule has 2 aromatic carbocycles. The first-order valence-corrected chi connectivity index (χ1v) is 23.8. The smallest absolute Gasteiger partial charge is 0.229 e. The zero-order valence-electron chi connectivity index (χ0n) is 34.4. The molecule has 3 aromatic rings. The van der Waals surface area contributed by atoms with Gasteiger partial charge in [-0.1, -0.05) is 106 Å². The van der Waals surface area contributed by atoms with Gasteiger partial charge in [-0.15, -0.1) is 5.10 Å². The molecule has 11 nitrogen and oxygen atoms in total. The van der Waals surface area contributed by atoms with Crippen molar-refractivity contribution in [3.8, 4) is 22.5 Å². The van der Waals surface area contributed by atoms with Gasteiger partial charge < -0.3 is 28.9 Å². The van der Waals surface area contributed by atoms with Crippen LogP contribution in [0.4, 0.5) is 5.69 Å². The number of fused-ring (bicyclic) bond motifs is 5. The summed E-state index contributed by atoms with van der Waals surface area (Å²) in [6, 6.07) is 16.3. The summed E-state index contributed by atoms with van der Waals surface area (Å²) in [4.78, 5) is 28.6.